The third kappa shape index (κ3) is 1.88. The number of ketones is 1. The number of halogens is 2. The van der Waals surface area contributed by atoms with Gasteiger partial charge in [-0.15, -0.1) is 0 Å². The third-order valence-electron chi connectivity index (χ3n) is 3.60. The lowest BCUT2D eigenvalue weighted by Crippen LogP contribution is -1.97. The SMILES string of the molecule is COc1cc(F)c(-c2cccc3c2CCC3=O)c(F)c1. The van der Waals surface area contributed by atoms with Crippen LogP contribution in [0.5, 0.6) is 5.75 Å². The van der Waals surface area contributed by atoms with Crippen LogP contribution in [-0.4, -0.2) is 12.9 Å². The quantitative estimate of drug-likeness (QED) is 0.833. The van der Waals surface area contributed by atoms with Gasteiger partial charge in [0.25, 0.3) is 0 Å². The van der Waals surface area contributed by atoms with Crippen molar-refractivity contribution in [2.24, 2.45) is 0 Å². The maximum Gasteiger partial charge on any atom is 0.163 e. The molecule has 1 aliphatic carbocycles. The normalized spacial score (nSPS) is 13.4. The molecule has 0 saturated carbocycles. The van der Waals surface area contributed by atoms with Crippen molar-refractivity contribution >= 4 is 5.78 Å². The number of carbonyl (C=O) groups is 1. The van der Waals surface area contributed by atoms with Crippen molar-refractivity contribution in [3.05, 3.63) is 53.1 Å². The number of methoxy groups -OCH3 is 1. The number of rotatable bonds is 2. The van der Waals surface area contributed by atoms with Gasteiger partial charge in [-0.25, -0.2) is 8.78 Å². The van der Waals surface area contributed by atoms with E-state index in [2.05, 4.69) is 0 Å². The molecule has 0 atom stereocenters. The topological polar surface area (TPSA) is 26.3 Å². The molecular weight excluding hydrogens is 262 g/mol. The highest BCUT2D eigenvalue weighted by molar-refractivity contribution is 6.02. The van der Waals surface area contributed by atoms with Gasteiger partial charge in [0.1, 0.15) is 17.4 Å². The van der Waals surface area contributed by atoms with Crippen molar-refractivity contribution in [3.63, 3.8) is 0 Å². The summed E-state index contributed by atoms with van der Waals surface area (Å²) in [5.74, 6) is -1.22. The Kier molecular flexibility index (Phi) is 3.01. The van der Waals surface area contributed by atoms with Crippen LogP contribution in [0.2, 0.25) is 0 Å². The highest BCUT2D eigenvalue weighted by atomic mass is 19.1. The smallest absolute Gasteiger partial charge is 0.163 e. The van der Waals surface area contributed by atoms with E-state index in [1.165, 1.54) is 7.11 Å². The molecule has 102 valence electrons. The van der Waals surface area contributed by atoms with Crippen LogP contribution in [0, 0.1) is 11.6 Å². The molecule has 1 aliphatic rings. The Morgan fingerprint density at radius 3 is 2.35 bits per heavy atom. The van der Waals surface area contributed by atoms with Crippen LogP contribution in [0.1, 0.15) is 22.3 Å². The second kappa shape index (κ2) is 4.71. The van der Waals surface area contributed by atoms with Gasteiger partial charge in [-0.05, 0) is 17.5 Å². The lowest BCUT2D eigenvalue weighted by Gasteiger charge is -2.11. The van der Waals surface area contributed by atoms with E-state index in [0.717, 1.165) is 17.7 Å². The standard InChI is InChI=1S/C16H12F2O2/c1-20-9-7-13(17)16(14(18)8-9)12-4-2-3-11-10(12)5-6-15(11)19/h2-4,7-8H,5-6H2,1H3. The van der Waals surface area contributed by atoms with Crippen LogP contribution in [0.25, 0.3) is 11.1 Å². The summed E-state index contributed by atoms with van der Waals surface area (Å²) in [6.45, 7) is 0. The van der Waals surface area contributed by atoms with E-state index in [4.69, 9.17) is 4.74 Å². The van der Waals surface area contributed by atoms with E-state index in [9.17, 15) is 13.6 Å². The summed E-state index contributed by atoms with van der Waals surface area (Å²) in [5.41, 5.74) is 1.64. The number of benzene rings is 2. The number of fused-ring (bicyclic) bond motifs is 1. The van der Waals surface area contributed by atoms with Crippen LogP contribution in [0.4, 0.5) is 8.78 Å². The summed E-state index contributed by atoms with van der Waals surface area (Å²) in [4.78, 5) is 11.7. The first-order valence-corrected chi connectivity index (χ1v) is 6.30. The van der Waals surface area contributed by atoms with Crippen molar-refractivity contribution < 1.29 is 18.3 Å². The molecule has 0 amide bonds. The molecule has 0 saturated heterocycles. The molecular formula is C16H12F2O2. The van der Waals surface area contributed by atoms with E-state index in [-0.39, 0.29) is 17.1 Å². The van der Waals surface area contributed by atoms with Crippen molar-refractivity contribution in [3.8, 4) is 16.9 Å². The number of ether oxygens (including phenoxy) is 1. The first-order valence-electron chi connectivity index (χ1n) is 6.30. The zero-order valence-corrected chi connectivity index (χ0v) is 10.9. The first kappa shape index (κ1) is 12.8. The lowest BCUT2D eigenvalue weighted by atomic mass is 9.96. The molecule has 0 spiro atoms. The van der Waals surface area contributed by atoms with Crippen molar-refractivity contribution in [2.45, 2.75) is 12.8 Å². The summed E-state index contributed by atoms with van der Waals surface area (Å²) in [7, 11) is 1.35. The number of hydrogen-bond acceptors (Lipinski definition) is 2. The Morgan fingerprint density at radius 1 is 1.05 bits per heavy atom. The van der Waals surface area contributed by atoms with Crippen LogP contribution in [0.15, 0.2) is 30.3 Å². The van der Waals surface area contributed by atoms with E-state index < -0.39 is 11.6 Å². The maximum atomic E-state index is 14.1. The molecule has 0 radical (unpaired) electrons. The van der Waals surface area contributed by atoms with Crippen molar-refractivity contribution in [1.29, 1.82) is 0 Å². The number of Topliss-reactive ketones (excluding diaryl/α,β-unsaturated/α-hetero) is 1. The molecule has 0 fully saturated rings. The highest BCUT2D eigenvalue weighted by Gasteiger charge is 2.25. The van der Waals surface area contributed by atoms with Gasteiger partial charge in [-0.1, -0.05) is 18.2 Å². The summed E-state index contributed by atoms with van der Waals surface area (Å²) in [6, 6.07) is 7.29. The molecule has 0 aliphatic heterocycles. The summed E-state index contributed by atoms with van der Waals surface area (Å²) >= 11 is 0. The van der Waals surface area contributed by atoms with E-state index in [1.807, 2.05) is 0 Å². The molecule has 20 heavy (non-hydrogen) atoms. The molecule has 0 N–H and O–H groups in total. The molecule has 2 aromatic rings. The third-order valence-corrected chi connectivity index (χ3v) is 3.60. The predicted molar refractivity (Wildman–Crippen MR) is 71.0 cm³/mol. The molecule has 0 aromatic heterocycles. The first-order chi connectivity index (χ1) is 9.61. The van der Waals surface area contributed by atoms with Crippen molar-refractivity contribution in [2.75, 3.05) is 7.11 Å². The second-order valence-electron chi connectivity index (χ2n) is 4.72. The molecule has 0 bridgehead atoms. The maximum absolute atomic E-state index is 14.1. The molecule has 4 heteroatoms. The van der Waals surface area contributed by atoms with Gasteiger partial charge in [-0.2, -0.15) is 0 Å². The Labute approximate surface area is 115 Å². The Balaban J connectivity index is 2.23. The van der Waals surface area contributed by atoms with E-state index in [0.29, 0.717) is 24.0 Å². The average molecular weight is 274 g/mol. The zero-order valence-electron chi connectivity index (χ0n) is 10.9. The Morgan fingerprint density at radius 2 is 1.70 bits per heavy atom. The lowest BCUT2D eigenvalue weighted by molar-refractivity contribution is 0.0994. The Bertz CT molecular complexity index is 685. The zero-order chi connectivity index (χ0) is 14.3. The summed E-state index contributed by atoms with van der Waals surface area (Å²) in [6.07, 6.45) is 0.918. The summed E-state index contributed by atoms with van der Waals surface area (Å²) < 4.78 is 33.1. The summed E-state index contributed by atoms with van der Waals surface area (Å²) in [5, 5.41) is 0. The van der Waals surface area contributed by atoms with Gasteiger partial charge in [-0.3, -0.25) is 4.79 Å². The van der Waals surface area contributed by atoms with Gasteiger partial charge in [0.15, 0.2) is 5.78 Å². The van der Waals surface area contributed by atoms with Crippen LogP contribution >= 0.6 is 0 Å². The fraction of sp³-hybridized carbons (Fsp3) is 0.188. The van der Waals surface area contributed by atoms with Crippen LogP contribution in [0.3, 0.4) is 0 Å². The Hall–Kier alpha value is -2.23. The monoisotopic (exact) mass is 274 g/mol. The minimum atomic E-state index is -0.686. The highest BCUT2D eigenvalue weighted by Crippen LogP contribution is 2.36. The fourth-order valence-corrected chi connectivity index (χ4v) is 2.65. The van der Waals surface area contributed by atoms with Gasteiger partial charge in [0.05, 0.1) is 12.7 Å². The number of carbonyl (C=O) groups excluding carboxylic acids is 1. The van der Waals surface area contributed by atoms with Crippen molar-refractivity contribution in [1.82, 2.24) is 0 Å². The van der Waals surface area contributed by atoms with Gasteiger partial charge < -0.3 is 4.74 Å². The number of hydrogen-bond donors (Lipinski definition) is 0. The van der Waals surface area contributed by atoms with E-state index >= 15 is 0 Å². The minimum Gasteiger partial charge on any atom is -0.497 e. The molecule has 2 nitrogen and oxygen atoms in total. The molecule has 0 unspecified atom stereocenters. The molecule has 3 rings (SSSR count). The van der Waals surface area contributed by atoms with Crippen LogP contribution < -0.4 is 4.74 Å². The van der Waals surface area contributed by atoms with Crippen LogP contribution in [-0.2, 0) is 6.42 Å². The van der Waals surface area contributed by atoms with E-state index in [1.54, 1.807) is 18.2 Å². The van der Waals surface area contributed by atoms with Gasteiger partial charge in [0, 0.05) is 24.1 Å². The molecule has 0 heterocycles. The fourth-order valence-electron chi connectivity index (χ4n) is 2.65. The van der Waals surface area contributed by atoms with Gasteiger partial charge in [0.2, 0.25) is 0 Å². The second-order valence-corrected chi connectivity index (χ2v) is 4.72. The largest absolute Gasteiger partial charge is 0.497 e. The van der Waals surface area contributed by atoms with Gasteiger partial charge >= 0.3 is 0 Å². The average Bonchev–Trinajstić information content (AvgIpc) is 2.81. The predicted octanol–water partition coefficient (Wildman–Crippen LogP) is 3.77. The molecule has 2 aromatic carbocycles. The minimum absolute atomic E-state index is 0.0242.